The molecule has 1 N–H and O–H groups in total. The lowest BCUT2D eigenvalue weighted by molar-refractivity contribution is -0.385. The number of nitro benzene ring substituents is 1. The van der Waals surface area contributed by atoms with Crippen molar-refractivity contribution >= 4 is 11.4 Å². The third kappa shape index (κ3) is 3.62. The van der Waals surface area contributed by atoms with E-state index < -0.39 is 0 Å². The highest BCUT2D eigenvalue weighted by Crippen LogP contribution is 2.36. The first-order chi connectivity index (χ1) is 9.72. The average molecular weight is 278 g/mol. The maximum absolute atomic E-state index is 11.3. The lowest BCUT2D eigenvalue weighted by Gasteiger charge is -2.23. The fraction of sp³-hybridized carbons (Fsp3) is 0.600. The van der Waals surface area contributed by atoms with E-state index in [0.29, 0.717) is 18.0 Å². The van der Waals surface area contributed by atoms with E-state index in [-0.39, 0.29) is 16.7 Å². The van der Waals surface area contributed by atoms with Gasteiger partial charge in [-0.05, 0) is 44.2 Å². The molecule has 0 aromatic heterocycles. The van der Waals surface area contributed by atoms with Crippen LogP contribution in [0.15, 0.2) is 18.2 Å². The minimum Gasteiger partial charge on any atom is -0.483 e. The molecule has 1 aromatic rings. The molecule has 0 amide bonds. The monoisotopic (exact) mass is 278 g/mol. The van der Waals surface area contributed by atoms with Gasteiger partial charge in [-0.2, -0.15) is 0 Å². The lowest BCUT2D eigenvalue weighted by atomic mass is 9.98. The Labute approximate surface area is 119 Å². The van der Waals surface area contributed by atoms with E-state index in [0.717, 1.165) is 32.1 Å². The first-order valence-electron chi connectivity index (χ1n) is 7.40. The standard InChI is InChI=1S/C15H22N2O3/c1-2-11-16-13-9-6-10-14(15(13)17(18)19)20-12-7-4-3-5-8-12/h6,9-10,12,16H,2-5,7-8,11H2,1H3. The van der Waals surface area contributed by atoms with Crippen molar-refractivity contribution < 1.29 is 9.66 Å². The number of benzene rings is 1. The van der Waals surface area contributed by atoms with Gasteiger partial charge < -0.3 is 10.1 Å². The Hall–Kier alpha value is -1.78. The van der Waals surface area contributed by atoms with Crippen LogP contribution in [0.5, 0.6) is 5.75 Å². The molecule has 110 valence electrons. The van der Waals surface area contributed by atoms with E-state index in [4.69, 9.17) is 4.74 Å². The van der Waals surface area contributed by atoms with Crippen molar-refractivity contribution in [1.29, 1.82) is 0 Å². The van der Waals surface area contributed by atoms with Crippen molar-refractivity contribution in [3.63, 3.8) is 0 Å². The summed E-state index contributed by atoms with van der Waals surface area (Å²) in [4.78, 5) is 11.0. The molecule has 0 unspecified atom stereocenters. The first kappa shape index (κ1) is 14.6. The van der Waals surface area contributed by atoms with Gasteiger partial charge in [-0.15, -0.1) is 0 Å². The molecule has 0 heterocycles. The summed E-state index contributed by atoms with van der Waals surface area (Å²) in [6.07, 6.45) is 6.54. The van der Waals surface area contributed by atoms with Crippen molar-refractivity contribution in [2.45, 2.75) is 51.6 Å². The predicted molar refractivity (Wildman–Crippen MR) is 79.4 cm³/mol. The Morgan fingerprint density at radius 1 is 1.35 bits per heavy atom. The maximum atomic E-state index is 11.3. The number of rotatable bonds is 6. The van der Waals surface area contributed by atoms with Gasteiger partial charge in [0.2, 0.25) is 0 Å². The van der Waals surface area contributed by atoms with Crippen molar-refractivity contribution in [2.24, 2.45) is 0 Å². The fourth-order valence-electron chi connectivity index (χ4n) is 2.57. The zero-order valence-corrected chi connectivity index (χ0v) is 11.9. The van der Waals surface area contributed by atoms with Gasteiger partial charge in [0.05, 0.1) is 11.0 Å². The first-order valence-corrected chi connectivity index (χ1v) is 7.40. The van der Waals surface area contributed by atoms with Gasteiger partial charge in [0.25, 0.3) is 0 Å². The Morgan fingerprint density at radius 3 is 2.75 bits per heavy atom. The van der Waals surface area contributed by atoms with Crippen LogP contribution in [-0.2, 0) is 0 Å². The number of nitrogens with one attached hydrogen (secondary N) is 1. The SMILES string of the molecule is CCCNc1cccc(OC2CCCCC2)c1[N+](=O)[O-]. The van der Waals surface area contributed by atoms with Crippen molar-refractivity contribution in [1.82, 2.24) is 0 Å². The van der Waals surface area contributed by atoms with E-state index in [9.17, 15) is 10.1 Å². The van der Waals surface area contributed by atoms with Crippen LogP contribution < -0.4 is 10.1 Å². The summed E-state index contributed by atoms with van der Waals surface area (Å²) in [5.74, 6) is 0.392. The number of nitrogens with zero attached hydrogens (tertiary/aromatic N) is 1. The Morgan fingerprint density at radius 2 is 2.10 bits per heavy atom. The van der Waals surface area contributed by atoms with E-state index in [1.54, 1.807) is 12.1 Å². The van der Waals surface area contributed by atoms with Crippen LogP contribution >= 0.6 is 0 Å². The summed E-state index contributed by atoms with van der Waals surface area (Å²) in [6.45, 7) is 2.74. The smallest absolute Gasteiger partial charge is 0.333 e. The molecule has 0 saturated heterocycles. The second-order valence-electron chi connectivity index (χ2n) is 5.21. The second-order valence-corrected chi connectivity index (χ2v) is 5.21. The number of nitro groups is 1. The van der Waals surface area contributed by atoms with Gasteiger partial charge in [0.15, 0.2) is 5.75 Å². The van der Waals surface area contributed by atoms with Gasteiger partial charge in [-0.25, -0.2) is 0 Å². The molecule has 5 nitrogen and oxygen atoms in total. The van der Waals surface area contributed by atoms with Gasteiger partial charge in [0, 0.05) is 6.54 Å². The van der Waals surface area contributed by atoms with Crippen LogP contribution in [0.25, 0.3) is 0 Å². The molecule has 1 aliphatic carbocycles. The zero-order chi connectivity index (χ0) is 14.4. The molecule has 0 bridgehead atoms. The number of anilines is 1. The van der Waals surface area contributed by atoms with Crippen LogP contribution in [0.1, 0.15) is 45.4 Å². The molecule has 1 fully saturated rings. The number of para-hydroxylation sites is 1. The van der Waals surface area contributed by atoms with Crippen LogP contribution in [0.3, 0.4) is 0 Å². The number of ether oxygens (including phenoxy) is 1. The average Bonchev–Trinajstić information content (AvgIpc) is 2.46. The molecule has 0 atom stereocenters. The third-order valence-corrected chi connectivity index (χ3v) is 3.59. The van der Waals surface area contributed by atoms with Gasteiger partial charge >= 0.3 is 5.69 Å². The minimum absolute atomic E-state index is 0.0616. The van der Waals surface area contributed by atoms with Gasteiger partial charge in [-0.3, -0.25) is 10.1 Å². The number of hydrogen-bond acceptors (Lipinski definition) is 4. The maximum Gasteiger partial charge on any atom is 0.333 e. The largest absolute Gasteiger partial charge is 0.483 e. The quantitative estimate of drug-likeness (QED) is 0.627. The number of hydrogen-bond donors (Lipinski definition) is 1. The summed E-state index contributed by atoms with van der Waals surface area (Å²) in [7, 11) is 0. The van der Waals surface area contributed by atoms with Crippen molar-refractivity contribution in [2.75, 3.05) is 11.9 Å². The summed E-state index contributed by atoms with van der Waals surface area (Å²) in [5, 5.41) is 14.4. The molecule has 20 heavy (non-hydrogen) atoms. The topological polar surface area (TPSA) is 64.4 Å². The molecule has 1 aliphatic rings. The minimum atomic E-state index is -0.351. The molecule has 0 spiro atoms. The van der Waals surface area contributed by atoms with E-state index in [1.807, 2.05) is 13.0 Å². The van der Waals surface area contributed by atoms with E-state index in [1.165, 1.54) is 6.42 Å². The van der Waals surface area contributed by atoms with Crippen molar-refractivity contribution in [3.8, 4) is 5.75 Å². The van der Waals surface area contributed by atoms with Crippen LogP contribution in [0.2, 0.25) is 0 Å². The summed E-state index contributed by atoms with van der Waals surface area (Å²) < 4.78 is 5.89. The molecular weight excluding hydrogens is 256 g/mol. The normalized spacial score (nSPS) is 15.8. The Balaban J connectivity index is 2.19. The Kier molecular flexibility index (Phi) is 5.21. The fourth-order valence-corrected chi connectivity index (χ4v) is 2.57. The molecule has 5 heteroatoms. The third-order valence-electron chi connectivity index (χ3n) is 3.59. The Bertz CT molecular complexity index is 456. The lowest BCUT2D eigenvalue weighted by Crippen LogP contribution is -2.20. The van der Waals surface area contributed by atoms with Crippen LogP contribution in [0, 0.1) is 10.1 Å². The highest BCUT2D eigenvalue weighted by atomic mass is 16.6. The van der Waals surface area contributed by atoms with Crippen LogP contribution in [0.4, 0.5) is 11.4 Å². The highest BCUT2D eigenvalue weighted by molar-refractivity contribution is 5.68. The highest BCUT2D eigenvalue weighted by Gasteiger charge is 2.24. The van der Waals surface area contributed by atoms with Gasteiger partial charge in [-0.1, -0.05) is 19.4 Å². The molecule has 1 saturated carbocycles. The van der Waals surface area contributed by atoms with Crippen molar-refractivity contribution in [3.05, 3.63) is 28.3 Å². The van der Waals surface area contributed by atoms with E-state index in [2.05, 4.69) is 5.32 Å². The molecular formula is C15H22N2O3. The zero-order valence-electron chi connectivity index (χ0n) is 11.9. The second kappa shape index (κ2) is 7.12. The predicted octanol–water partition coefficient (Wildman–Crippen LogP) is 4.13. The molecule has 0 radical (unpaired) electrons. The summed E-state index contributed by atoms with van der Waals surface area (Å²) in [6, 6.07) is 5.24. The van der Waals surface area contributed by atoms with Gasteiger partial charge in [0.1, 0.15) is 5.69 Å². The summed E-state index contributed by atoms with van der Waals surface area (Å²) >= 11 is 0. The molecule has 2 rings (SSSR count). The van der Waals surface area contributed by atoms with Crippen LogP contribution in [-0.4, -0.2) is 17.6 Å². The molecule has 1 aromatic carbocycles. The molecule has 0 aliphatic heterocycles. The summed E-state index contributed by atoms with van der Waals surface area (Å²) in [5.41, 5.74) is 0.608. The van der Waals surface area contributed by atoms with E-state index >= 15 is 0 Å².